The molecule has 0 aliphatic heterocycles. The van der Waals surface area contributed by atoms with E-state index in [1.165, 1.54) is 86.7 Å². The second-order valence-electron chi connectivity index (χ2n) is 10.4. The van der Waals surface area contributed by atoms with E-state index in [2.05, 4.69) is 86.5 Å². The largest absolute Gasteiger partial charge is 0.378 e. The van der Waals surface area contributed by atoms with Gasteiger partial charge in [0.25, 0.3) is 0 Å². The van der Waals surface area contributed by atoms with Gasteiger partial charge in [-0.1, -0.05) is 62.8 Å². The monoisotopic (exact) mass is 458 g/mol. The Balaban J connectivity index is 1.80. The zero-order valence-corrected chi connectivity index (χ0v) is 21.6. The summed E-state index contributed by atoms with van der Waals surface area (Å²) in [5.41, 5.74) is 6.95. The van der Waals surface area contributed by atoms with Crippen molar-refractivity contribution in [3.63, 3.8) is 0 Å². The lowest BCUT2D eigenvalue weighted by Crippen LogP contribution is -2.24. The summed E-state index contributed by atoms with van der Waals surface area (Å²) in [6, 6.07) is 18.6. The van der Waals surface area contributed by atoms with Crippen molar-refractivity contribution in [3.8, 4) is 0 Å². The van der Waals surface area contributed by atoms with Crippen molar-refractivity contribution < 1.29 is 0 Å². The molecule has 0 amide bonds. The van der Waals surface area contributed by atoms with E-state index < -0.39 is 0 Å². The molecule has 4 nitrogen and oxygen atoms in total. The maximum absolute atomic E-state index is 5.44. The van der Waals surface area contributed by atoms with Crippen LogP contribution < -0.4 is 9.80 Å². The normalized spacial score (nSPS) is 18.7. The van der Waals surface area contributed by atoms with Gasteiger partial charge in [0.15, 0.2) is 0 Å². The molecule has 0 spiro atoms. The fraction of sp³-hybridized carbons (Fsp3) is 0.533. The molecule has 0 radical (unpaired) electrons. The third-order valence-electron chi connectivity index (χ3n) is 7.31. The fourth-order valence-corrected chi connectivity index (χ4v) is 5.17. The minimum atomic E-state index is 0.398. The first kappa shape index (κ1) is 24.5. The summed E-state index contributed by atoms with van der Waals surface area (Å²) >= 11 is 0. The van der Waals surface area contributed by atoms with Gasteiger partial charge in [-0.3, -0.25) is 9.98 Å². The van der Waals surface area contributed by atoms with E-state index in [1.807, 2.05) is 0 Å². The maximum Gasteiger partial charge on any atom is 0.0908 e. The quantitative estimate of drug-likeness (QED) is 0.429. The first-order chi connectivity index (χ1) is 16.5. The molecule has 2 aliphatic carbocycles. The minimum absolute atomic E-state index is 0.398. The van der Waals surface area contributed by atoms with Gasteiger partial charge < -0.3 is 9.80 Å². The summed E-state index contributed by atoms with van der Waals surface area (Å²) in [5.74, 6) is 0. The fourth-order valence-electron chi connectivity index (χ4n) is 5.17. The van der Waals surface area contributed by atoms with Crippen molar-refractivity contribution >= 4 is 22.8 Å². The van der Waals surface area contributed by atoms with E-state index in [9.17, 15) is 0 Å². The molecule has 0 bridgehead atoms. The molecular formula is C30H42N4. The van der Waals surface area contributed by atoms with Crippen LogP contribution in [0, 0.1) is 0 Å². The Labute approximate surface area is 206 Å². The molecular weight excluding hydrogens is 416 g/mol. The Morgan fingerprint density at radius 3 is 1.15 bits per heavy atom. The number of aliphatic imine (C=N–C) groups is 2. The number of benzene rings is 2. The van der Waals surface area contributed by atoms with Gasteiger partial charge in [-0.15, -0.1) is 0 Å². The molecule has 2 aromatic carbocycles. The summed E-state index contributed by atoms with van der Waals surface area (Å²) < 4.78 is 0. The van der Waals surface area contributed by atoms with E-state index in [-0.39, 0.29) is 0 Å². The van der Waals surface area contributed by atoms with Gasteiger partial charge in [-0.25, -0.2) is 0 Å². The molecule has 2 saturated carbocycles. The third kappa shape index (κ3) is 6.28. The zero-order chi connectivity index (χ0) is 23.9. The van der Waals surface area contributed by atoms with Crippen molar-refractivity contribution in [2.45, 2.75) is 76.3 Å². The van der Waals surface area contributed by atoms with E-state index >= 15 is 0 Å². The van der Waals surface area contributed by atoms with Crippen molar-refractivity contribution in [2.75, 3.05) is 38.0 Å². The lowest BCUT2D eigenvalue weighted by molar-refractivity contribution is 0.442. The second kappa shape index (κ2) is 11.7. The average molecular weight is 459 g/mol. The predicted octanol–water partition coefficient (Wildman–Crippen LogP) is 6.76. The lowest BCUT2D eigenvalue weighted by atomic mass is 9.92. The molecule has 0 saturated heterocycles. The van der Waals surface area contributed by atoms with Crippen LogP contribution in [0.3, 0.4) is 0 Å². The van der Waals surface area contributed by atoms with Gasteiger partial charge >= 0.3 is 0 Å². The van der Waals surface area contributed by atoms with Crippen LogP contribution in [0.4, 0.5) is 11.4 Å². The van der Waals surface area contributed by atoms with E-state index in [0.29, 0.717) is 12.1 Å². The van der Waals surface area contributed by atoms with Gasteiger partial charge in [0, 0.05) is 50.7 Å². The summed E-state index contributed by atoms with van der Waals surface area (Å²) in [7, 11) is 8.37. The van der Waals surface area contributed by atoms with Crippen molar-refractivity contribution in [1.29, 1.82) is 0 Å². The summed E-state index contributed by atoms with van der Waals surface area (Å²) in [6.07, 6.45) is 12.6. The Hall–Kier alpha value is -2.62. The molecule has 4 rings (SSSR count). The number of hydrogen-bond acceptors (Lipinski definition) is 4. The lowest BCUT2D eigenvalue weighted by Gasteiger charge is -2.23. The van der Waals surface area contributed by atoms with Crippen LogP contribution in [0.15, 0.2) is 58.5 Å². The summed E-state index contributed by atoms with van der Waals surface area (Å²) in [5, 5.41) is 0. The van der Waals surface area contributed by atoms with Gasteiger partial charge in [0.1, 0.15) is 0 Å². The van der Waals surface area contributed by atoms with Gasteiger partial charge in [-0.05, 0) is 49.9 Å². The van der Waals surface area contributed by atoms with E-state index in [4.69, 9.17) is 9.98 Å². The highest BCUT2D eigenvalue weighted by Crippen LogP contribution is 2.26. The Morgan fingerprint density at radius 1 is 0.529 bits per heavy atom. The molecule has 0 N–H and O–H groups in total. The molecule has 34 heavy (non-hydrogen) atoms. The first-order valence-electron chi connectivity index (χ1n) is 13.2. The van der Waals surface area contributed by atoms with Gasteiger partial charge in [0.05, 0.1) is 23.5 Å². The Bertz CT molecular complexity index is 876. The molecule has 0 unspecified atom stereocenters. The highest BCUT2D eigenvalue weighted by Gasteiger charge is 2.22. The van der Waals surface area contributed by atoms with Gasteiger partial charge in [-0.2, -0.15) is 0 Å². The molecule has 2 aromatic rings. The Morgan fingerprint density at radius 2 is 0.853 bits per heavy atom. The predicted molar refractivity (Wildman–Crippen MR) is 148 cm³/mol. The van der Waals surface area contributed by atoms with Crippen molar-refractivity contribution in [1.82, 2.24) is 0 Å². The van der Waals surface area contributed by atoms with Crippen molar-refractivity contribution in [3.05, 3.63) is 59.7 Å². The molecule has 0 aromatic heterocycles. The molecule has 4 heteroatoms. The topological polar surface area (TPSA) is 31.2 Å². The Kier molecular flexibility index (Phi) is 8.42. The highest BCUT2D eigenvalue weighted by molar-refractivity contribution is 6.53. The smallest absolute Gasteiger partial charge is 0.0908 e. The van der Waals surface area contributed by atoms with E-state index in [0.717, 1.165) is 11.4 Å². The minimum Gasteiger partial charge on any atom is -0.378 e. The van der Waals surface area contributed by atoms with E-state index in [1.54, 1.807) is 0 Å². The summed E-state index contributed by atoms with van der Waals surface area (Å²) in [6.45, 7) is 0. The first-order valence-corrected chi connectivity index (χ1v) is 13.2. The number of hydrogen-bond donors (Lipinski definition) is 0. The van der Waals surface area contributed by atoms with Crippen LogP contribution in [0.1, 0.15) is 75.3 Å². The second-order valence-corrected chi connectivity index (χ2v) is 10.4. The van der Waals surface area contributed by atoms with Crippen LogP contribution in [0.5, 0.6) is 0 Å². The van der Waals surface area contributed by atoms with Crippen molar-refractivity contribution in [2.24, 2.45) is 9.98 Å². The molecule has 2 fully saturated rings. The van der Waals surface area contributed by atoms with Crippen LogP contribution in [0.25, 0.3) is 0 Å². The molecule has 0 heterocycles. The maximum atomic E-state index is 5.44. The van der Waals surface area contributed by atoms with Crippen LogP contribution in [-0.4, -0.2) is 51.7 Å². The SMILES string of the molecule is CN(C)c1ccc(C(=NC2CCCCC2)C(=NC2CCCCC2)c2ccc(N(C)C)cc2)cc1. The number of nitrogens with zero attached hydrogens (tertiary/aromatic N) is 4. The van der Waals surface area contributed by atoms with Crippen LogP contribution in [0.2, 0.25) is 0 Å². The molecule has 182 valence electrons. The summed E-state index contributed by atoms with van der Waals surface area (Å²) in [4.78, 5) is 15.2. The zero-order valence-electron chi connectivity index (χ0n) is 21.6. The highest BCUT2D eigenvalue weighted by atomic mass is 15.1. The van der Waals surface area contributed by atoms with Crippen LogP contribution >= 0.6 is 0 Å². The number of anilines is 2. The number of rotatable bonds is 7. The third-order valence-corrected chi connectivity index (χ3v) is 7.31. The average Bonchev–Trinajstić information content (AvgIpc) is 2.87. The van der Waals surface area contributed by atoms with Gasteiger partial charge in [0.2, 0.25) is 0 Å². The molecule has 2 aliphatic rings. The molecule has 0 atom stereocenters. The standard InChI is InChI=1S/C30H42N4/c1-33(2)27-19-15-23(16-20-27)29(31-25-11-7-5-8-12-25)30(32-26-13-9-6-10-14-26)24-17-21-28(22-18-24)34(3)4/h15-22,25-26H,5-14H2,1-4H3. The van der Waals surface area contributed by atoms with Crippen LogP contribution in [-0.2, 0) is 0 Å².